The van der Waals surface area contributed by atoms with Gasteiger partial charge in [0.25, 0.3) is 5.91 Å². The molecule has 6 rings (SSSR count). The molecule has 0 aromatic heterocycles. The van der Waals surface area contributed by atoms with Gasteiger partial charge in [-0.3, -0.25) is 24.6 Å². The number of nitrogens with one attached hydrogen (secondary N) is 1. The predicted molar refractivity (Wildman–Crippen MR) is 191 cm³/mol. The van der Waals surface area contributed by atoms with Crippen LogP contribution in [0.2, 0.25) is 0 Å². The second-order valence-corrected chi connectivity index (χ2v) is 13.3. The summed E-state index contributed by atoms with van der Waals surface area (Å²) in [6, 6.07) is 25.6. The number of carbonyl (C=O) groups is 3. The van der Waals surface area contributed by atoms with Gasteiger partial charge in [-0.1, -0.05) is 65.3 Å². The van der Waals surface area contributed by atoms with Crippen molar-refractivity contribution in [2.24, 2.45) is 0 Å². The van der Waals surface area contributed by atoms with E-state index in [1.807, 2.05) is 67.7 Å². The maximum atomic E-state index is 13.1. The Balaban J connectivity index is 1.10. The highest BCUT2D eigenvalue weighted by Gasteiger charge is 2.39. The van der Waals surface area contributed by atoms with Crippen LogP contribution >= 0.6 is 15.9 Å². The summed E-state index contributed by atoms with van der Waals surface area (Å²) < 4.78 is 6.95. The molecule has 0 aliphatic carbocycles. The summed E-state index contributed by atoms with van der Waals surface area (Å²) in [5.41, 5.74) is 7.63. The first-order chi connectivity index (χ1) is 23.6. The van der Waals surface area contributed by atoms with Crippen LogP contribution < -0.4 is 10.1 Å². The average Bonchev–Trinajstić information content (AvgIpc) is 3.39. The van der Waals surface area contributed by atoms with Crippen molar-refractivity contribution in [3.05, 3.63) is 123 Å². The Morgan fingerprint density at radius 3 is 2.14 bits per heavy atom. The van der Waals surface area contributed by atoms with E-state index in [1.54, 1.807) is 29.2 Å². The van der Waals surface area contributed by atoms with Crippen LogP contribution in [0.1, 0.15) is 64.4 Å². The largest absolute Gasteiger partial charge is 0.508 e. The Morgan fingerprint density at radius 1 is 0.918 bits per heavy atom. The van der Waals surface area contributed by atoms with Gasteiger partial charge in [-0.25, -0.2) is 0 Å². The third kappa shape index (κ3) is 7.55. The van der Waals surface area contributed by atoms with Crippen molar-refractivity contribution in [1.82, 2.24) is 15.1 Å². The number of carbonyl (C=O) groups excluding carboxylic acids is 3. The highest BCUT2D eigenvalue weighted by molar-refractivity contribution is 9.10. The number of hydrogen-bond donors (Lipinski definition) is 3. The fourth-order valence-corrected chi connectivity index (χ4v) is 6.97. The molecule has 9 nitrogen and oxygen atoms in total. The zero-order valence-electron chi connectivity index (χ0n) is 27.4. The average molecular weight is 725 g/mol. The van der Waals surface area contributed by atoms with Gasteiger partial charge >= 0.3 is 0 Å². The van der Waals surface area contributed by atoms with Gasteiger partial charge in [0.05, 0.1) is 0 Å². The van der Waals surface area contributed by atoms with E-state index in [-0.39, 0.29) is 29.7 Å². The normalized spacial score (nSPS) is 16.4. The maximum absolute atomic E-state index is 13.1. The fourth-order valence-electron chi connectivity index (χ4n) is 6.50. The number of hydrogen-bond acceptors (Lipinski definition) is 7. The van der Waals surface area contributed by atoms with Crippen molar-refractivity contribution in [1.29, 1.82) is 0 Å². The van der Waals surface area contributed by atoms with E-state index >= 15 is 0 Å². The van der Waals surface area contributed by atoms with Crippen LogP contribution in [0.5, 0.6) is 17.2 Å². The van der Waals surface area contributed by atoms with E-state index in [9.17, 15) is 24.6 Å². The molecule has 1 unspecified atom stereocenters. The number of fused-ring (bicyclic) bond motifs is 1. The monoisotopic (exact) mass is 723 g/mol. The number of imide groups is 1. The first-order valence-electron chi connectivity index (χ1n) is 16.3. The number of halogens is 1. The summed E-state index contributed by atoms with van der Waals surface area (Å²) in [7, 11) is 2.01. The van der Waals surface area contributed by atoms with Crippen LogP contribution in [0.25, 0.3) is 11.1 Å². The first-order valence-corrected chi connectivity index (χ1v) is 17.1. The summed E-state index contributed by atoms with van der Waals surface area (Å²) in [6.07, 6.45) is 1.32. The van der Waals surface area contributed by atoms with Crippen LogP contribution in [-0.2, 0) is 22.7 Å². The molecule has 3 N–H and O–H groups in total. The molecule has 0 radical (unpaired) electrons. The molecular weight excluding hydrogens is 686 g/mol. The Hall–Kier alpha value is -4.93. The molecular formula is C39H38BrN3O6. The molecule has 49 heavy (non-hydrogen) atoms. The fraction of sp³-hybridized carbons (Fsp3) is 0.256. The molecule has 2 heterocycles. The van der Waals surface area contributed by atoms with Gasteiger partial charge in [0.1, 0.15) is 29.9 Å². The molecule has 3 amide bonds. The molecule has 2 aliphatic rings. The SMILES string of the molecule is CCC(=C(c1ccc(O)cc1)c1ccc(OCCN(C)Cc2cc3c(cc2Br)C(=O)N(C2CCC(=O)NC2=O)C3)cc1)c1ccc(O)cc1. The molecule has 1 fully saturated rings. The molecule has 4 aromatic carbocycles. The highest BCUT2D eigenvalue weighted by Crippen LogP contribution is 2.36. The Bertz CT molecular complexity index is 1910. The predicted octanol–water partition coefficient (Wildman–Crippen LogP) is 6.50. The molecule has 0 bridgehead atoms. The van der Waals surface area contributed by atoms with E-state index in [0.717, 1.165) is 55.6 Å². The van der Waals surface area contributed by atoms with Crippen LogP contribution in [0.3, 0.4) is 0 Å². The number of phenolic OH excluding ortho intramolecular Hbond substituents is 2. The lowest BCUT2D eigenvalue weighted by atomic mass is 9.88. The maximum Gasteiger partial charge on any atom is 0.255 e. The molecule has 2 aliphatic heterocycles. The van der Waals surface area contributed by atoms with Gasteiger partial charge in [0, 0.05) is 36.1 Å². The van der Waals surface area contributed by atoms with E-state index < -0.39 is 11.9 Å². The molecule has 4 aromatic rings. The first kappa shape index (κ1) is 34.0. The quantitative estimate of drug-likeness (QED) is 0.119. The summed E-state index contributed by atoms with van der Waals surface area (Å²) in [5.74, 6) is 0.253. The smallest absolute Gasteiger partial charge is 0.255 e. The van der Waals surface area contributed by atoms with Crippen molar-refractivity contribution < 1.29 is 29.3 Å². The van der Waals surface area contributed by atoms with Crippen LogP contribution in [0, 0.1) is 0 Å². The van der Waals surface area contributed by atoms with Gasteiger partial charge in [-0.05, 0) is 101 Å². The third-order valence-electron chi connectivity index (χ3n) is 9.04. The van der Waals surface area contributed by atoms with Crippen molar-refractivity contribution in [2.75, 3.05) is 20.2 Å². The van der Waals surface area contributed by atoms with E-state index in [0.29, 0.717) is 38.2 Å². The van der Waals surface area contributed by atoms with Gasteiger partial charge in [0.15, 0.2) is 0 Å². The molecule has 0 spiro atoms. The van der Waals surface area contributed by atoms with E-state index in [4.69, 9.17) is 4.74 Å². The minimum absolute atomic E-state index is 0.193. The van der Waals surface area contributed by atoms with Crippen molar-refractivity contribution in [3.63, 3.8) is 0 Å². The zero-order chi connectivity index (χ0) is 34.7. The second-order valence-electron chi connectivity index (χ2n) is 12.4. The lowest BCUT2D eigenvalue weighted by molar-refractivity contribution is -0.136. The van der Waals surface area contributed by atoms with E-state index in [2.05, 4.69) is 33.1 Å². The summed E-state index contributed by atoms with van der Waals surface area (Å²) >= 11 is 3.64. The topological polar surface area (TPSA) is 119 Å². The number of rotatable bonds is 11. The number of benzene rings is 4. The van der Waals surface area contributed by atoms with Gasteiger partial charge in [0.2, 0.25) is 11.8 Å². The van der Waals surface area contributed by atoms with Crippen molar-refractivity contribution in [3.8, 4) is 17.2 Å². The van der Waals surface area contributed by atoms with Crippen LogP contribution in [0.4, 0.5) is 0 Å². The Morgan fingerprint density at radius 2 is 1.53 bits per heavy atom. The number of phenols is 2. The molecule has 1 saturated heterocycles. The number of ether oxygens (including phenoxy) is 1. The number of aromatic hydroxyl groups is 2. The van der Waals surface area contributed by atoms with Crippen LogP contribution in [0.15, 0.2) is 89.4 Å². The summed E-state index contributed by atoms with van der Waals surface area (Å²) in [6.45, 7) is 4.19. The molecule has 252 valence electrons. The highest BCUT2D eigenvalue weighted by atomic mass is 79.9. The number of nitrogens with zero attached hydrogens (tertiary/aromatic N) is 2. The lowest BCUT2D eigenvalue weighted by Crippen LogP contribution is -2.52. The summed E-state index contributed by atoms with van der Waals surface area (Å²) in [4.78, 5) is 40.9. The van der Waals surface area contributed by atoms with Crippen molar-refractivity contribution in [2.45, 2.75) is 45.3 Å². The minimum atomic E-state index is -0.642. The number of amides is 3. The zero-order valence-corrected chi connectivity index (χ0v) is 29.0. The van der Waals surface area contributed by atoms with Gasteiger partial charge in [-0.2, -0.15) is 0 Å². The number of allylic oxidation sites excluding steroid dienone is 1. The third-order valence-corrected chi connectivity index (χ3v) is 9.78. The molecule has 0 saturated carbocycles. The lowest BCUT2D eigenvalue weighted by Gasteiger charge is -2.29. The van der Waals surface area contributed by atoms with Crippen LogP contribution in [-0.4, -0.2) is 64.0 Å². The molecule has 10 heteroatoms. The minimum Gasteiger partial charge on any atom is -0.508 e. The Labute approximate surface area is 293 Å². The Kier molecular flexibility index (Phi) is 10.2. The number of likely N-dealkylation sites (N-methyl/N-ethyl adjacent to an activating group) is 1. The van der Waals surface area contributed by atoms with Crippen molar-refractivity contribution >= 4 is 44.8 Å². The van der Waals surface area contributed by atoms with Gasteiger partial charge < -0.3 is 19.8 Å². The number of piperidine rings is 1. The second kappa shape index (κ2) is 14.7. The van der Waals surface area contributed by atoms with Gasteiger partial charge in [-0.15, -0.1) is 0 Å². The molecule has 1 atom stereocenters. The standard InChI is InChI=1S/C39H38BrN3O6/c1-3-32(24-4-10-29(44)11-5-24)37(25-6-12-30(45)13-7-25)26-8-14-31(15-9-26)49-19-18-42(2)22-28-20-27-23-43(39(48)33(27)21-34(28)40)35-16-17-36(46)41-38(35)47/h4-15,20-21,35,44-45H,3,16-19,22-23H2,1-2H3,(H,41,46,47). The summed E-state index contributed by atoms with van der Waals surface area (Å²) in [5, 5.41) is 22.1. The van der Waals surface area contributed by atoms with E-state index in [1.165, 1.54) is 0 Å².